The molecule has 0 spiro atoms. The lowest BCUT2D eigenvalue weighted by Gasteiger charge is -2.19. The van der Waals surface area contributed by atoms with Gasteiger partial charge in [0.2, 0.25) is 0 Å². The normalized spacial score (nSPS) is 12.7. The van der Waals surface area contributed by atoms with Crippen LogP contribution in [-0.4, -0.2) is 33.3 Å². The Bertz CT molecular complexity index is 361. The van der Waals surface area contributed by atoms with E-state index in [1.165, 1.54) is 0 Å². The number of methoxy groups -OCH3 is 1. The van der Waals surface area contributed by atoms with E-state index in [1.54, 1.807) is 7.11 Å². The summed E-state index contributed by atoms with van der Waals surface area (Å²) < 4.78 is 33.9. The summed E-state index contributed by atoms with van der Waals surface area (Å²) in [6, 6.07) is 7.91. The molecule has 108 valence electrons. The van der Waals surface area contributed by atoms with Gasteiger partial charge in [-0.2, -0.15) is 0 Å². The molecule has 0 bridgehead atoms. The number of alkyl halides is 2. The van der Waals surface area contributed by atoms with E-state index >= 15 is 0 Å². The summed E-state index contributed by atoms with van der Waals surface area (Å²) in [7, 11) is 1.64. The molecule has 0 aliphatic carbocycles. The summed E-state index contributed by atoms with van der Waals surface area (Å²) >= 11 is 0. The third-order valence-corrected chi connectivity index (χ3v) is 2.80. The van der Waals surface area contributed by atoms with Crippen molar-refractivity contribution in [2.24, 2.45) is 0 Å². The SMILES string of the molecule is CCC(NCCOCC(F)F)c1ccccc1OC. The predicted molar refractivity (Wildman–Crippen MR) is 70.9 cm³/mol. The fourth-order valence-corrected chi connectivity index (χ4v) is 1.91. The summed E-state index contributed by atoms with van der Waals surface area (Å²) in [6.45, 7) is 2.36. The highest BCUT2D eigenvalue weighted by Gasteiger charge is 2.13. The topological polar surface area (TPSA) is 30.5 Å². The van der Waals surface area contributed by atoms with Crippen molar-refractivity contribution in [1.29, 1.82) is 0 Å². The molecule has 1 unspecified atom stereocenters. The van der Waals surface area contributed by atoms with Crippen molar-refractivity contribution in [3.05, 3.63) is 29.8 Å². The molecular weight excluding hydrogens is 252 g/mol. The van der Waals surface area contributed by atoms with Crippen LogP contribution in [0.25, 0.3) is 0 Å². The maximum Gasteiger partial charge on any atom is 0.261 e. The molecule has 1 atom stereocenters. The van der Waals surface area contributed by atoms with Crippen LogP contribution in [0.3, 0.4) is 0 Å². The maximum absolute atomic E-state index is 11.9. The van der Waals surface area contributed by atoms with Gasteiger partial charge >= 0.3 is 0 Å². The quantitative estimate of drug-likeness (QED) is 0.702. The fourth-order valence-electron chi connectivity index (χ4n) is 1.91. The summed E-state index contributed by atoms with van der Waals surface area (Å²) in [5, 5.41) is 3.28. The highest BCUT2D eigenvalue weighted by molar-refractivity contribution is 5.35. The summed E-state index contributed by atoms with van der Waals surface area (Å²) in [6.07, 6.45) is -1.52. The molecule has 1 aromatic rings. The first-order valence-corrected chi connectivity index (χ1v) is 6.41. The van der Waals surface area contributed by atoms with Gasteiger partial charge in [-0.15, -0.1) is 0 Å². The molecule has 1 N–H and O–H groups in total. The number of para-hydroxylation sites is 1. The fraction of sp³-hybridized carbons (Fsp3) is 0.571. The maximum atomic E-state index is 11.9. The molecule has 0 fully saturated rings. The smallest absolute Gasteiger partial charge is 0.261 e. The second-order valence-electron chi connectivity index (χ2n) is 4.12. The van der Waals surface area contributed by atoms with Gasteiger partial charge in [0.25, 0.3) is 6.43 Å². The molecule has 0 aliphatic heterocycles. The van der Waals surface area contributed by atoms with Gasteiger partial charge in [0.1, 0.15) is 12.4 Å². The Labute approximate surface area is 112 Å². The van der Waals surface area contributed by atoms with Crippen molar-refractivity contribution in [3.8, 4) is 5.75 Å². The van der Waals surface area contributed by atoms with E-state index in [1.807, 2.05) is 24.3 Å². The van der Waals surface area contributed by atoms with Crippen LogP contribution >= 0.6 is 0 Å². The Balaban J connectivity index is 2.44. The van der Waals surface area contributed by atoms with Crippen LogP contribution in [0.4, 0.5) is 8.78 Å². The second kappa shape index (κ2) is 8.82. The van der Waals surface area contributed by atoms with E-state index in [0.717, 1.165) is 17.7 Å². The van der Waals surface area contributed by atoms with Crippen molar-refractivity contribution in [1.82, 2.24) is 5.32 Å². The lowest BCUT2D eigenvalue weighted by molar-refractivity contribution is 0.0181. The first-order valence-electron chi connectivity index (χ1n) is 6.41. The molecule has 0 amide bonds. The third-order valence-electron chi connectivity index (χ3n) is 2.80. The molecule has 0 heterocycles. The van der Waals surface area contributed by atoms with Crippen LogP contribution in [0.5, 0.6) is 5.75 Å². The zero-order valence-corrected chi connectivity index (χ0v) is 11.4. The minimum atomic E-state index is -2.41. The third kappa shape index (κ3) is 5.53. The van der Waals surface area contributed by atoms with Crippen molar-refractivity contribution in [2.45, 2.75) is 25.8 Å². The summed E-state index contributed by atoms with van der Waals surface area (Å²) in [4.78, 5) is 0. The molecule has 19 heavy (non-hydrogen) atoms. The van der Waals surface area contributed by atoms with Gasteiger partial charge in [-0.3, -0.25) is 0 Å². The van der Waals surface area contributed by atoms with E-state index in [-0.39, 0.29) is 12.6 Å². The number of rotatable bonds is 9. The van der Waals surface area contributed by atoms with Crippen molar-refractivity contribution in [3.63, 3.8) is 0 Å². The minimum absolute atomic E-state index is 0.131. The van der Waals surface area contributed by atoms with E-state index in [2.05, 4.69) is 12.2 Å². The molecule has 0 radical (unpaired) electrons. The summed E-state index contributed by atoms with van der Waals surface area (Å²) in [5.74, 6) is 0.829. The molecule has 1 aromatic carbocycles. The molecule has 0 saturated heterocycles. The second-order valence-corrected chi connectivity index (χ2v) is 4.12. The Hall–Kier alpha value is -1.20. The van der Waals surface area contributed by atoms with Gasteiger partial charge < -0.3 is 14.8 Å². The highest BCUT2D eigenvalue weighted by atomic mass is 19.3. The summed E-state index contributed by atoms with van der Waals surface area (Å²) in [5.41, 5.74) is 1.07. The molecule has 0 saturated carbocycles. The van der Waals surface area contributed by atoms with Crippen molar-refractivity contribution in [2.75, 3.05) is 26.9 Å². The largest absolute Gasteiger partial charge is 0.496 e. The molecule has 5 heteroatoms. The molecule has 0 aliphatic rings. The number of benzene rings is 1. The number of halogens is 2. The van der Waals surface area contributed by atoms with E-state index in [4.69, 9.17) is 9.47 Å². The monoisotopic (exact) mass is 273 g/mol. The van der Waals surface area contributed by atoms with Crippen LogP contribution in [0.15, 0.2) is 24.3 Å². The van der Waals surface area contributed by atoms with Crippen LogP contribution in [0.2, 0.25) is 0 Å². The minimum Gasteiger partial charge on any atom is -0.496 e. The average Bonchev–Trinajstić information content (AvgIpc) is 2.42. The molecule has 3 nitrogen and oxygen atoms in total. The Morgan fingerprint density at radius 2 is 2.00 bits per heavy atom. The Morgan fingerprint density at radius 3 is 2.63 bits per heavy atom. The molecule has 1 rings (SSSR count). The van der Waals surface area contributed by atoms with E-state index in [9.17, 15) is 8.78 Å². The first kappa shape index (κ1) is 15.9. The van der Waals surface area contributed by atoms with Gasteiger partial charge in [0.15, 0.2) is 0 Å². The van der Waals surface area contributed by atoms with Gasteiger partial charge in [0, 0.05) is 18.2 Å². The van der Waals surface area contributed by atoms with Gasteiger partial charge in [-0.25, -0.2) is 8.78 Å². The number of nitrogens with one attached hydrogen (secondary N) is 1. The van der Waals surface area contributed by atoms with Gasteiger partial charge in [0.05, 0.1) is 13.7 Å². The zero-order valence-electron chi connectivity index (χ0n) is 11.4. The molecular formula is C14H21F2NO2. The van der Waals surface area contributed by atoms with Gasteiger partial charge in [-0.1, -0.05) is 25.1 Å². The Kier molecular flexibility index (Phi) is 7.36. The van der Waals surface area contributed by atoms with Crippen molar-refractivity contribution < 1.29 is 18.3 Å². The lowest BCUT2D eigenvalue weighted by Crippen LogP contribution is -2.26. The van der Waals surface area contributed by atoms with Crippen molar-refractivity contribution >= 4 is 0 Å². The predicted octanol–water partition coefficient (Wildman–Crippen LogP) is 3.02. The van der Waals surface area contributed by atoms with E-state index in [0.29, 0.717) is 6.54 Å². The van der Waals surface area contributed by atoms with Gasteiger partial charge in [-0.05, 0) is 12.5 Å². The van der Waals surface area contributed by atoms with E-state index < -0.39 is 13.0 Å². The first-order chi connectivity index (χ1) is 9.19. The number of ether oxygens (including phenoxy) is 2. The zero-order chi connectivity index (χ0) is 14.1. The molecule has 0 aromatic heterocycles. The van der Waals surface area contributed by atoms with Crippen LogP contribution in [-0.2, 0) is 4.74 Å². The number of hydrogen-bond acceptors (Lipinski definition) is 3. The Morgan fingerprint density at radius 1 is 1.26 bits per heavy atom. The number of hydrogen-bond donors (Lipinski definition) is 1. The standard InChI is InChI=1S/C14H21F2NO2/c1-3-12(17-8-9-19-10-14(15)16)11-6-4-5-7-13(11)18-2/h4-7,12,14,17H,3,8-10H2,1-2H3. The average molecular weight is 273 g/mol. The van der Waals surface area contributed by atoms with Crippen LogP contribution in [0.1, 0.15) is 24.9 Å². The highest BCUT2D eigenvalue weighted by Crippen LogP contribution is 2.26. The van der Waals surface area contributed by atoms with Crippen LogP contribution < -0.4 is 10.1 Å². The lowest BCUT2D eigenvalue weighted by atomic mass is 10.0. The van der Waals surface area contributed by atoms with Crippen LogP contribution in [0, 0.1) is 0 Å².